The smallest absolute Gasteiger partial charge is 0.0631 e. The third-order valence-electron chi connectivity index (χ3n) is 3.99. The second kappa shape index (κ2) is 6.71. The molecule has 0 saturated carbocycles. The molecule has 0 aliphatic rings. The number of nitrogens with two attached hydrogens (primary N) is 1. The maximum absolute atomic E-state index is 5.95. The zero-order valence-electron chi connectivity index (χ0n) is 12.7. The average molecular weight is 271 g/mol. The Hall–Kier alpha value is -1.61. The van der Waals surface area contributed by atoms with Crippen molar-refractivity contribution < 1.29 is 0 Å². The number of nitrogens with zero attached hydrogens (tertiary/aromatic N) is 2. The van der Waals surface area contributed by atoms with Crippen LogP contribution in [0.15, 0.2) is 36.5 Å². The fourth-order valence-corrected chi connectivity index (χ4v) is 2.35. The lowest BCUT2D eigenvalue weighted by Crippen LogP contribution is -2.15. The van der Waals surface area contributed by atoms with Gasteiger partial charge < -0.3 is 5.73 Å². The lowest BCUT2D eigenvalue weighted by Gasteiger charge is -2.14. The van der Waals surface area contributed by atoms with Crippen molar-refractivity contribution in [2.24, 2.45) is 5.73 Å². The quantitative estimate of drug-likeness (QED) is 0.874. The van der Waals surface area contributed by atoms with Gasteiger partial charge in [0.25, 0.3) is 0 Å². The normalized spacial score (nSPS) is 14.2. The highest BCUT2D eigenvalue weighted by atomic mass is 15.3. The molecule has 0 aliphatic heterocycles. The van der Waals surface area contributed by atoms with Crippen LogP contribution in [-0.4, -0.2) is 16.3 Å². The predicted molar refractivity (Wildman–Crippen MR) is 83.9 cm³/mol. The summed E-state index contributed by atoms with van der Waals surface area (Å²) in [5.41, 5.74) is 9.66. The van der Waals surface area contributed by atoms with Crippen LogP contribution in [0, 0.1) is 6.92 Å². The lowest BCUT2D eigenvalue weighted by atomic mass is 9.94. The van der Waals surface area contributed by atoms with E-state index in [1.165, 1.54) is 11.1 Å². The molecule has 2 rings (SSSR count). The first-order valence-electron chi connectivity index (χ1n) is 7.44. The summed E-state index contributed by atoms with van der Waals surface area (Å²) in [7, 11) is 0. The Kier molecular flexibility index (Phi) is 4.96. The molecule has 3 nitrogen and oxygen atoms in total. The van der Waals surface area contributed by atoms with Crippen molar-refractivity contribution in [3.8, 4) is 0 Å². The molecule has 2 aromatic rings. The van der Waals surface area contributed by atoms with Crippen molar-refractivity contribution in [2.45, 2.75) is 45.6 Å². The molecule has 0 radical (unpaired) electrons. The molecule has 1 aromatic heterocycles. The Labute approximate surface area is 121 Å². The molecule has 0 amide bonds. The van der Waals surface area contributed by atoms with Crippen LogP contribution in [-0.2, 0) is 6.42 Å². The van der Waals surface area contributed by atoms with E-state index < -0.39 is 0 Å². The van der Waals surface area contributed by atoms with Gasteiger partial charge in [0.2, 0.25) is 0 Å². The van der Waals surface area contributed by atoms with Crippen molar-refractivity contribution in [3.05, 3.63) is 53.3 Å². The van der Waals surface area contributed by atoms with Gasteiger partial charge in [0, 0.05) is 18.2 Å². The highest BCUT2D eigenvalue weighted by Crippen LogP contribution is 2.20. The van der Waals surface area contributed by atoms with E-state index in [1.54, 1.807) is 0 Å². The molecule has 108 valence electrons. The van der Waals surface area contributed by atoms with Gasteiger partial charge in [-0.05, 0) is 44.9 Å². The Morgan fingerprint density at radius 2 is 1.90 bits per heavy atom. The van der Waals surface area contributed by atoms with E-state index in [2.05, 4.69) is 67.1 Å². The van der Waals surface area contributed by atoms with Crippen LogP contribution >= 0.6 is 0 Å². The summed E-state index contributed by atoms with van der Waals surface area (Å²) in [5.74, 6) is 0.343. The van der Waals surface area contributed by atoms with E-state index in [4.69, 9.17) is 5.73 Å². The highest BCUT2D eigenvalue weighted by molar-refractivity contribution is 5.26. The monoisotopic (exact) mass is 271 g/mol. The van der Waals surface area contributed by atoms with Gasteiger partial charge in [-0.2, -0.15) is 5.10 Å². The summed E-state index contributed by atoms with van der Waals surface area (Å²) in [5, 5.41) is 4.67. The first-order valence-corrected chi connectivity index (χ1v) is 7.44. The minimum Gasteiger partial charge on any atom is -0.330 e. The van der Waals surface area contributed by atoms with E-state index in [0.29, 0.717) is 18.5 Å². The number of benzene rings is 1. The topological polar surface area (TPSA) is 43.8 Å². The summed E-state index contributed by atoms with van der Waals surface area (Å²) in [6.07, 6.45) is 4.08. The standard InChI is InChI=1S/C17H25N3/c1-4-14(3)20-10-9-17(19-20)11-16(12-18)15-7-5-13(2)6-8-15/h5-10,14,16H,4,11-12,18H2,1-3H3. The number of hydrogen-bond donors (Lipinski definition) is 1. The summed E-state index contributed by atoms with van der Waals surface area (Å²) in [4.78, 5) is 0. The molecule has 0 fully saturated rings. The first kappa shape index (κ1) is 14.8. The van der Waals surface area contributed by atoms with Gasteiger partial charge in [-0.1, -0.05) is 36.8 Å². The van der Waals surface area contributed by atoms with Gasteiger partial charge in [0.1, 0.15) is 0 Å². The molecule has 3 heteroatoms. The van der Waals surface area contributed by atoms with Crippen LogP contribution in [0.1, 0.15) is 49.0 Å². The zero-order chi connectivity index (χ0) is 14.5. The Bertz CT molecular complexity index is 527. The largest absolute Gasteiger partial charge is 0.330 e. The molecular formula is C17H25N3. The lowest BCUT2D eigenvalue weighted by molar-refractivity contribution is 0.471. The summed E-state index contributed by atoms with van der Waals surface area (Å²) >= 11 is 0. The molecule has 0 spiro atoms. The van der Waals surface area contributed by atoms with E-state index in [9.17, 15) is 0 Å². The van der Waals surface area contributed by atoms with Crippen LogP contribution in [0.4, 0.5) is 0 Å². The number of aromatic nitrogens is 2. The van der Waals surface area contributed by atoms with Crippen LogP contribution in [0.3, 0.4) is 0 Å². The average Bonchev–Trinajstić information content (AvgIpc) is 2.93. The van der Waals surface area contributed by atoms with E-state index in [-0.39, 0.29) is 0 Å². The molecular weight excluding hydrogens is 246 g/mol. The SMILES string of the molecule is CCC(C)n1ccc(CC(CN)c2ccc(C)cc2)n1. The van der Waals surface area contributed by atoms with Crippen molar-refractivity contribution in [2.75, 3.05) is 6.54 Å². The number of rotatable bonds is 6. The van der Waals surface area contributed by atoms with Gasteiger partial charge in [0.05, 0.1) is 5.69 Å². The molecule has 2 unspecified atom stereocenters. The molecule has 1 aromatic carbocycles. The van der Waals surface area contributed by atoms with Crippen molar-refractivity contribution >= 4 is 0 Å². The van der Waals surface area contributed by atoms with Crippen molar-refractivity contribution in [1.29, 1.82) is 0 Å². The molecule has 1 heterocycles. The zero-order valence-corrected chi connectivity index (χ0v) is 12.7. The fraction of sp³-hybridized carbons (Fsp3) is 0.471. The summed E-state index contributed by atoms with van der Waals surface area (Å²) in [6.45, 7) is 7.13. The Balaban J connectivity index is 2.10. The molecule has 0 aliphatic carbocycles. The van der Waals surface area contributed by atoms with Gasteiger partial charge in [-0.3, -0.25) is 4.68 Å². The van der Waals surface area contributed by atoms with E-state index in [0.717, 1.165) is 18.5 Å². The third-order valence-corrected chi connectivity index (χ3v) is 3.99. The minimum absolute atomic E-state index is 0.343. The van der Waals surface area contributed by atoms with Gasteiger partial charge >= 0.3 is 0 Å². The van der Waals surface area contributed by atoms with Gasteiger partial charge in [-0.15, -0.1) is 0 Å². The number of hydrogen-bond acceptors (Lipinski definition) is 2. The Morgan fingerprint density at radius 3 is 2.50 bits per heavy atom. The molecule has 20 heavy (non-hydrogen) atoms. The predicted octanol–water partition coefficient (Wildman–Crippen LogP) is 3.45. The first-order chi connectivity index (χ1) is 9.63. The fourth-order valence-electron chi connectivity index (χ4n) is 2.35. The van der Waals surface area contributed by atoms with Crippen LogP contribution in [0.5, 0.6) is 0 Å². The highest BCUT2D eigenvalue weighted by Gasteiger charge is 2.13. The van der Waals surface area contributed by atoms with Gasteiger partial charge in [0.15, 0.2) is 0 Å². The van der Waals surface area contributed by atoms with Crippen LogP contribution in [0.2, 0.25) is 0 Å². The summed E-state index contributed by atoms with van der Waals surface area (Å²) in [6, 6.07) is 11.2. The molecule has 0 bridgehead atoms. The minimum atomic E-state index is 0.343. The maximum atomic E-state index is 5.95. The van der Waals surface area contributed by atoms with Crippen LogP contribution < -0.4 is 5.73 Å². The maximum Gasteiger partial charge on any atom is 0.0631 e. The summed E-state index contributed by atoms with van der Waals surface area (Å²) < 4.78 is 2.05. The van der Waals surface area contributed by atoms with E-state index in [1.807, 2.05) is 0 Å². The van der Waals surface area contributed by atoms with Crippen molar-refractivity contribution in [1.82, 2.24) is 9.78 Å². The van der Waals surface area contributed by atoms with Crippen molar-refractivity contribution in [3.63, 3.8) is 0 Å². The van der Waals surface area contributed by atoms with E-state index >= 15 is 0 Å². The molecule has 2 N–H and O–H groups in total. The second-order valence-corrected chi connectivity index (χ2v) is 5.59. The molecule has 2 atom stereocenters. The second-order valence-electron chi connectivity index (χ2n) is 5.59. The Morgan fingerprint density at radius 1 is 1.20 bits per heavy atom. The molecule has 0 saturated heterocycles. The third kappa shape index (κ3) is 3.48. The van der Waals surface area contributed by atoms with Gasteiger partial charge in [-0.25, -0.2) is 0 Å². The number of aryl methyl sites for hydroxylation is 1. The van der Waals surface area contributed by atoms with Crippen LogP contribution in [0.25, 0.3) is 0 Å².